The van der Waals surface area contributed by atoms with E-state index in [9.17, 15) is 4.79 Å². The van der Waals surface area contributed by atoms with Gasteiger partial charge in [-0.1, -0.05) is 0 Å². The number of carbonyl (C=O) groups is 1. The standard InChI is InChI=1S/C2H4NO2.H3N/c3-1-2(4)5;/h1H,3H2,(H,4,5);1H3. The zero-order chi connectivity index (χ0) is 4.28. The Kier molecular flexibility index (Phi) is 6.61. The Morgan fingerprint density at radius 2 is 2.00 bits per heavy atom. The Labute approximate surface area is 35.5 Å². The van der Waals surface area contributed by atoms with Gasteiger partial charge in [-0.25, -0.2) is 0 Å². The lowest BCUT2D eigenvalue weighted by molar-refractivity contribution is -0.133. The second-order valence-corrected chi connectivity index (χ2v) is 0.505. The fraction of sp³-hybridized carbons (Fsp3) is 0. The Balaban J connectivity index is 0. The second kappa shape index (κ2) is 4.39. The third-order valence-corrected chi connectivity index (χ3v) is 0.143. The molecular weight excluding hydrogens is 84.0 g/mol. The largest absolute Gasteiger partial charge is 0.480 e. The van der Waals surface area contributed by atoms with Crippen molar-refractivity contribution in [3.63, 3.8) is 0 Å². The van der Waals surface area contributed by atoms with Crippen molar-refractivity contribution in [2.75, 3.05) is 0 Å². The lowest BCUT2D eigenvalue weighted by Gasteiger charge is -1.71. The average Bonchev–Trinajstić information content (AvgIpc) is 1.38. The zero-order valence-corrected chi connectivity index (χ0v) is 3.22. The molecular formula is C2H7N2O2. The van der Waals surface area contributed by atoms with Crippen LogP contribution in [0.3, 0.4) is 0 Å². The van der Waals surface area contributed by atoms with Gasteiger partial charge in [-0.05, 0) is 0 Å². The first kappa shape index (κ1) is 9.04. The molecule has 0 atom stereocenters. The predicted molar refractivity (Wildman–Crippen MR) is 21.1 cm³/mol. The minimum Gasteiger partial charge on any atom is -0.480 e. The van der Waals surface area contributed by atoms with Crippen molar-refractivity contribution >= 4 is 5.97 Å². The van der Waals surface area contributed by atoms with Crippen LogP contribution in [0.4, 0.5) is 0 Å². The molecule has 4 heteroatoms. The number of aliphatic carboxylic acids is 1. The molecule has 0 aromatic heterocycles. The van der Waals surface area contributed by atoms with Gasteiger partial charge in [0, 0.05) is 0 Å². The van der Waals surface area contributed by atoms with Crippen molar-refractivity contribution in [1.29, 1.82) is 0 Å². The minimum atomic E-state index is -1.09. The minimum absolute atomic E-state index is 0. The highest BCUT2D eigenvalue weighted by Gasteiger charge is 1.82. The molecule has 0 aliphatic carbocycles. The number of hydrogen-bond donors (Lipinski definition) is 3. The van der Waals surface area contributed by atoms with Crippen LogP contribution < -0.4 is 11.9 Å². The summed E-state index contributed by atoms with van der Waals surface area (Å²) in [4.78, 5) is 9.19. The molecule has 6 heavy (non-hydrogen) atoms. The average molecular weight is 91.1 g/mol. The van der Waals surface area contributed by atoms with Gasteiger partial charge in [-0.2, -0.15) is 0 Å². The van der Waals surface area contributed by atoms with E-state index >= 15 is 0 Å². The van der Waals surface area contributed by atoms with Crippen molar-refractivity contribution in [3.8, 4) is 0 Å². The molecule has 0 amide bonds. The Morgan fingerprint density at radius 3 is 2.00 bits per heavy atom. The summed E-state index contributed by atoms with van der Waals surface area (Å²) < 4.78 is 0. The van der Waals surface area contributed by atoms with Gasteiger partial charge in [0.15, 0.2) is 0 Å². The molecule has 0 saturated heterocycles. The van der Waals surface area contributed by atoms with Gasteiger partial charge < -0.3 is 17.0 Å². The van der Waals surface area contributed by atoms with Crippen LogP contribution >= 0.6 is 0 Å². The second-order valence-electron chi connectivity index (χ2n) is 0.505. The van der Waals surface area contributed by atoms with Crippen LogP contribution in [0.5, 0.6) is 0 Å². The topological polar surface area (TPSA) is 98.3 Å². The SMILES string of the molecule is N.N[CH]C(=O)O. The smallest absolute Gasteiger partial charge is 0.322 e. The maximum atomic E-state index is 9.19. The highest BCUT2D eigenvalue weighted by molar-refractivity contribution is 5.75. The van der Waals surface area contributed by atoms with Crippen LogP contribution in [-0.4, -0.2) is 11.1 Å². The van der Waals surface area contributed by atoms with Gasteiger partial charge in [-0.15, -0.1) is 0 Å². The Hall–Kier alpha value is -0.610. The first-order chi connectivity index (χ1) is 2.27. The maximum Gasteiger partial charge on any atom is 0.322 e. The molecule has 0 aromatic rings. The zero-order valence-electron chi connectivity index (χ0n) is 3.22. The molecule has 6 N–H and O–H groups in total. The number of carboxylic acids is 1. The summed E-state index contributed by atoms with van der Waals surface area (Å²) in [6, 6.07) is 0. The van der Waals surface area contributed by atoms with Gasteiger partial charge in [-0.3, -0.25) is 4.79 Å². The molecule has 0 heterocycles. The van der Waals surface area contributed by atoms with Crippen LogP contribution in [0.2, 0.25) is 0 Å². The van der Waals surface area contributed by atoms with Crippen LogP contribution in [0.15, 0.2) is 0 Å². The third kappa shape index (κ3) is 10.0. The summed E-state index contributed by atoms with van der Waals surface area (Å²) >= 11 is 0. The van der Waals surface area contributed by atoms with Gasteiger partial charge in [0.1, 0.15) is 6.54 Å². The normalized spacial score (nSPS) is 6.17. The third-order valence-electron chi connectivity index (χ3n) is 0.143. The van der Waals surface area contributed by atoms with Gasteiger partial charge >= 0.3 is 5.97 Å². The monoisotopic (exact) mass is 91.1 g/mol. The van der Waals surface area contributed by atoms with E-state index < -0.39 is 5.97 Å². The summed E-state index contributed by atoms with van der Waals surface area (Å²) in [5.41, 5.74) is 4.45. The van der Waals surface area contributed by atoms with Crippen LogP contribution in [0.1, 0.15) is 0 Å². The first-order valence-electron chi connectivity index (χ1n) is 1.05. The van der Waals surface area contributed by atoms with E-state index in [0.29, 0.717) is 6.54 Å². The molecule has 0 fully saturated rings. The molecule has 0 unspecified atom stereocenters. The van der Waals surface area contributed by atoms with E-state index in [1.165, 1.54) is 0 Å². The highest BCUT2D eigenvalue weighted by atomic mass is 16.4. The summed E-state index contributed by atoms with van der Waals surface area (Å²) in [6.45, 7) is 0.583. The predicted octanol–water partition coefficient (Wildman–Crippen LogP) is -0.647. The summed E-state index contributed by atoms with van der Waals surface area (Å²) in [5, 5.41) is 7.54. The quantitative estimate of drug-likeness (QED) is 0.399. The van der Waals surface area contributed by atoms with Crippen LogP contribution in [-0.2, 0) is 4.79 Å². The summed E-state index contributed by atoms with van der Waals surface area (Å²) in [5.74, 6) is -1.09. The summed E-state index contributed by atoms with van der Waals surface area (Å²) in [6.07, 6.45) is 0. The molecule has 0 aliphatic rings. The molecule has 0 saturated carbocycles. The van der Waals surface area contributed by atoms with Gasteiger partial charge in [0.05, 0.1) is 0 Å². The molecule has 0 aromatic carbocycles. The highest BCUT2D eigenvalue weighted by Crippen LogP contribution is 1.53. The number of rotatable bonds is 1. The lowest BCUT2D eigenvalue weighted by Crippen LogP contribution is -2.02. The first-order valence-corrected chi connectivity index (χ1v) is 1.05. The van der Waals surface area contributed by atoms with Crippen LogP contribution in [0.25, 0.3) is 0 Å². The lowest BCUT2D eigenvalue weighted by atomic mass is 10.7. The van der Waals surface area contributed by atoms with E-state index in [2.05, 4.69) is 5.73 Å². The maximum absolute atomic E-state index is 9.19. The van der Waals surface area contributed by atoms with Crippen molar-refractivity contribution < 1.29 is 9.90 Å². The van der Waals surface area contributed by atoms with E-state index in [-0.39, 0.29) is 6.15 Å². The molecule has 0 rings (SSSR count). The molecule has 4 nitrogen and oxygen atoms in total. The summed E-state index contributed by atoms with van der Waals surface area (Å²) in [7, 11) is 0. The van der Waals surface area contributed by atoms with Crippen molar-refractivity contribution in [1.82, 2.24) is 6.15 Å². The van der Waals surface area contributed by atoms with E-state index in [1.807, 2.05) is 0 Å². The molecule has 0 aliphatic heterocycles. The molecule has 0 spiro atoms. The van der Waals surface area contributed by atoms with E-state index in [0.717, 1.165) is 0 Å². The fourth-order valence-corrected chi connectivity index (χ4v) is 0. The molecule has 1 radical (unpaired) electrons. The Bertz CT molecular complexity index is 44.8. The van der Waals surface area contributed by atoms with Crippen molar-refractivity contribution in [2.24, 2.45) is 5.73 Å². The van der Waals surface area contributed by atoms with E-state index in [4.69, 9.17) is 5.11 Å². The number of carboxylic acid groups (broad SMARTS) is 1. The number of hydrogen-bond acceptors (Lipinski definition) is 3. The van der Waals surface area contributed by atoms with Crippen molar-refractivity contribution in [3.05, 3.63) is 6.54 Å². The Morgan fingerprint density at radius 1 is 1.83 bits per heavy atom. The van der Waals surface area contributed by atoms with E-state index in [1.54, 1.807) is 0 Å². The number of nitrogens with two attached hydrogens (primary N) is 1. The van der Waals surface area contributed by atoms with Gasteiger partial charge in [0.2, 0.25) is 0 Å². The van der Waals surface area contributed by atoms with Crippen molar-refractivity contribution in [2.45, 2.75) is 0 Å². The molecule has 37 valence electrons. The fourth-order valence-electron chi connectivity index (χ4n) is 0. The molecule has 0 bridgehead atoms. The van der Waals surface area contributed by atoms with Gasteiger partial charge in [0.25, 0.3) is 0 Å². The van der Waals surface area contributed by atoms with Crippen LogP contribution in [0, 0.1) is 6.54 Å².